The second-order valence-corrected chi connectivity index (χ2v) is 7.66. The molecule has 5 heteroatoms. The fraction of sp³-hybridized carbons (Fsp3) is 0.579. The molecule has 24 heavy (non-hydrogen) atoms. The third kappa shape index (κ3) is 5.17. The molecular weight excluding hydrogens is 386 g/mol. The predicted molar refractivity (Wildman–Crippen MR) is 109 cm³/mol. The van der Waals surface area contributed by atoms with Gasteiger partial charge in [-0.05, 0) is 37.3 Å². The van der Waals surface area contributed by atoms with Crippen LogP contribution >= 0.6 is 28.7 Å². The van der Waals surface area contributed by atoms with E-state index in [1.54, 1.807) is 11.8 Å². The Hall–Kier alpha value is -0.650. The number of thioether (sulfide) groups is 1. The topological polar surface area (TPSA) is 49.7 Å². The summed E-state index contributed by atoms with van der Waals surface area (Å²) >= 11 is 1.70. The molecule has 1 aliphatic heterocycles. The summed E-state index contributed by atoms with van der Waals surface area (Å²) < 4.78 is 0. The highest BCUT2D eigenvalue weighted by molar-refractivity contribution is 8.93. The lowest BCUT2D eigenvalue weighted by Gasteiger charge is -2.25. The van der Waals surface area contributed by atoms with Crippen molar-refractivity contribution < 1.29 is 9.90 Å². The zero-order valence-corrected chi connectivity index (χ0v) is 17.1. The van der Waals surface area contributed by atoms with Crippen molar-refractivity contribution >= 4 is 40.7 Å². The highest BCUT2D eigenvalue weighted by atomic mass is 79.9. The lowest BCUT2D eigenvalue weighted by Crippen LogP contribution is -2.19. The molecule has 2 atom stereocenters. The van der Waals surface area contributed by atoms with Crippen molar-refractivity contribution in [1.82, 2.24) is 0 Å². The molecule has 0 aromatic heterocycles. The van der Waals surface area contributed by atoms with Gasteiger partial charge in [-0.25, -0.2) is 0 Å². The molecule has 0 saturated carbocycles. The standard InChI is InChI=1S/C19H27NO2S.BrH/c1-3-4-5-6-16-7-9-17(10-8-16)19(12-14-22)20-15(2)18(23-19)11-13-21;/h7-10,14,18,21H,3-6,11-13H2,1-2H3;1H. The van der Waals surface area contributed by atoms with Crippen LogP contribution < -0.4 is 0 Å². The molecule has 2 unspecified atom stereocenters. The summed E-state index contributed by atoms with van der Waals surface area (Å²) in [7, 11) is 0. The predicted octanol–water partition coefficient (Wildman–Crippen LogP) is 4.70. The molecule has 0 spiro atoms. The molecule has 0 fully saturated rings. The summed E-state index contributed by atoms with van der Waals surface area (Å²) in [5.41, 5.74) is 3.46. The van der Waals surface area contributed by atoms with Crippen LogP contribution in [0.15, 0.2) is 29.3 Å². The van der Waals surface area contributed by atoms with Crippen LogP contribution in [0.25, 0.3) is 0 Å². The summed E-state index contributed by atoms with van der Waals surface area (Å²) in [5, 5.41) is 9.41. The third-order valence-electron chi connectivity index (χ3n) is 4.39. The number of carbonyl (C=O) groups is 1. The number of benzene rings is 1. The van der Waals surface area contributed by atoms with E-state index in [0.717, 1.165) is 24.0 Å². The Kier molecular flexibility index (Phi) is 9.24. The summed E-state index contributed by atoms with van der Waals surface area (Å²) in [6, 6.07) is 8.58. The zero-order valence-electron chi connectivity index (χ0n) is 14.5. The maximum Gasteiger partial charge on any atom is 0.138 e. The molecule has 1 heterocycles. The van der Waals surface area contributed by atoms with E-state index in [-0.39, 0.29) is 28.8 Å². The first-order valence-electron chi connectivity index (χ1n) is 8.53. The van der Waals surface area contributed by atoms with Crippen molar-refractivity contribution in [2.45, 2.75) is 62.5 Å². The van der Waals surface area contributed by atoms with E-state index in [2.05, 4.69) is 31.2 Å². The van der Waals surface area contributed by atoms with Gasteiger partial charge in [-0.15, -0.1) is 28.7 Å². The number of carbonyl (C=O) groups excluding carboxylic acids is 1. The number of rotatable bonds is 9. The summed E-state index contributed by atoms with van der Waals surface area (Å²) in [4.78, 5) is 15.5. The fourth-order valence-electron chi connectivity index (χ4n) is 3.06. The SMILES string of the molecule is Br.CCCCCc1ccc(C2(CC=O)N=C(C)C(CCO)S2)cc1. The van der Waals surface area contributed by atoms with Gasteiger partial charge in [-0.3, -0.25) is 4.99 Å². The number of aliphatic hydroxyl groups excluding tert-OH is 1. The van der Waals surface area contributed by atoms with Gasteiger partial charge in [0.05, 0.1) is 0 Å². The van der Waals surface area contributed by atoms with Crippen molar-refractivity contribution in [2.24, 2.45) is 4.99 Å². The van der Waals surface area contributed by atoms with Crippen LogP contribution in [0.2, 0.25) is 0 Å². The van der Waals surface area contributed by atoms with Crippen molar-refractivity contribution in [3.05, 3.63) is 35.4 Å². The Labute approximate surface area is 160 Å². The summed E-state index contributed by atoms with van der Waals surface area (Å²) in [5.74, 6) is 0. The van der Waals surface area contributed by atoms with Gasteiger partial charge >= 0.3 is 0 Å². The zero-order chi connectivity index (χ0) is 16.7. The lowest BCUT2D eigenvalue weighted by molar-refractivity contribution is -0.108. The molecular formula is C19H28BrNO2S. The van der Waals surface area contributed by atoms with Gasteiger partial charge in [0, 0.05) is 24.0 Å². The fourth-order valence-corrected chi connectivity index (χ4v) is 4.61. The van der Waals surface area contributed by atoms with Crippen LogP contribution in [0.4, 0.5) is 0 Å². The number of hydrogen-bond acceptors (Lipinski definition) is 4. The Morgan fingerprint density at radius 1 is 1.29 bits per heavy atom. The molecule has 0 saturated heterocycles. The average molecular weight is 414 g/mol. The average Bonchev–Trinajstić information content (AvgIpc) is 2.86. The minimum atomic E-state index is -0.506. The van der Waals surface area contributed by atoms with E-state index in [0.29, 0.717) is 12.8 Å². The van der Waals surface area contributed by atoms with Crippen LogP contribution in [0.3, 0.4) is 0 Å². The molecule has 1 aromatic carbocycles. The number of nitrogens with zero attached hydrogens (tertiary/aromatic N) is 1. The highest BCUT2D eigenvalue weighted by Gasteiger charge is 2.41. The van der Waals surface area contributed by atoms with Crippen molar-refractivity contribution in [1.29, 1.82) is 0 Å². The molecule has 1 aliphatic rings. The Morgan fingerprint density at radius 2 is 2.00 bits per heavy atom. The van der Waals surface area contributed by atoms with E-state index in [1.807, 2.05) is 6.92 Å². The summed E-state index contributed by atoms with van der Waals surface area (Å²) in [6.07, 6.45) is 6.86. The van der Waals surface area contributed by atoms with Crippen LogP contribution in [0.1, 0.15) is 57.1 Å². The highest BCUT2D eigenvalue weighted by Crippen LogP contribution is 2.49. The normalized spacial score (nSPS) is 22.8. The van der Waals surface area contributed by atoms with Gasteiger partial charge in [0.2, 0.25) is 0 Å². The number of halogens is 1. The van der Waals surface area contributed by atoms with Gasteiger partial charge in [0.25, 0.3) is 0 Å². The number of aryl methyl sites for hydroxylation is 1. The van der Waals surface area contributed by atoms with Gasteiger partial charge in [-0.1, -0.05) is 44.0 Å². The minimum absolute atomic E-state index is 0. The number of hydrogen-bond donors (Lipinski definition) is 1. The van der Waals surface area contributed by atoms with Gasteiger partial charge in [-0.2, -0.15) is 0 Å². The molecule has 0 amide bonds. The monoisotopic (exact) mass is 413 g/mol. The number of aliphatic hydroxyl groups is 1. The van der Waals surface area contributed by atoms with Crippen LogP contribution in [-0.4, -0.2) is 29.0 Å². The van der Waals surface area contributed by atoms with Crippen LogP contribution in [0, 0.1) is 0 Å². The number of aliphatic imine (C=N–C) groups is 1. The molecule has 134 valence electrons. The molecule has 0 radical (unpaired) electrons. The molecule has 1 N–H and O–H groups in total. The maximum atomic E-state index is 11.2. The smallest absolute Gasteiger partial charge is 0.138 e. The first-order chi connectivity index (χ1) is 11.1. The largest absolute Gasteiger partial charge is 0.396 e. The summed E-state index contributed by atoms with van der Waals surface area (Å²) in [6.45, 7) is 4.36. The van der Waals surface area contributed by atoms with Crippen LogP contribution in [0.5, 0.6) is 0 Å². The van der Waals surface area contributed by atoms with E-state index in [1.165, 1.54) is 24.8 Å². The Balaban J connectivity index is 0.00000288. The first kappa shape index (κ1) is 21.4. The quantitative estimate of drug-likeness (QED) is 0.471. The van der Waals surface area contributed by atoms with E-state index < -0.39 is 4.87 Å². The van der Waals surface area contributed by atoms with Gasteiger partial charge < -0.3 is 9.90 Å². The van der Waals surface area contributed by atoms with Crippen molar-refractivity contribution in [2.75, 3.05) is 6.61 Å². The van der Waals surface area contributed by atoms with Crippen molar-refractivity contribution in [3.63, 3.8) is 0 Å². The van der Waals surface area contributed by atoms with E-state index >= 15 is 0 Å². The van der Waals surface area contributed by atoms with E-state index in [4.69, 9.17) is 4.99 Å². The molecule has 1 aromatic rings. The molecule has 0 aliphatic carbocycles. The Bertz CT molecular complexity index is 547. The van der Waals surface area contributed by atoms with Gasteiger partial charge in [0.15, 0.2) is 0 Å². The second kappa shape index (κ2) is 10.4. The first-order valence-corrected chi connectivity index (χ1v) is 9.41. The Morgan fingerprint density at radius 3 is 2.58 bits per heavy atom. The maximum absolute atomic E-state index is 11.2. The molecule has 2 rings (SSSR count). The van der Waals surface area contributed by atoms with Crippen molar-refractivity contribution in [3.8, 4) is 0 Å². The second-order valence-electron chi connectivity index (χ2n) is 6.18. The molecule has 0 bridgehead atoms. The minimum Gasteiger partial charge on any atom is -0.396 e. The number of unbranched alkanes of at least 4 members (excludes halogenated alkanes) is 2. The van der Waals surface area contributed by atoms with Crippen LogP contribution in [-0.2, 0) is 16.1 Å². The van der Waals surface area contributed by atoms with E-state index in [9.17, 15) is 9.90 Å². The van der Waals surface area contributed by atoms with Gasteiger partial charge in [0.1, 0.15) is 11.2 Å². The molecule has 3 nitrogen and oxygen atoms in total. The third-order valence-corrected chi connectivity index (χ3v) is 6.13. The number of aldehydes is 1. The lowest BCUT2D eigenvalue weighted by atomic mass is 10.00.